The molecule has 0 radical (unpaired) electrons. The third-order valence-electron chi connectivity index (χ3n) is 3.63. The van der Waals surface area contributed by atoms with E-state index in [4.69, 9.17) is 5.26 Å². The molecule has 0 spiro atoms. The molecule has 0 heterocycles. The van der Waals surface area contributed by atoms with Crippen LogP contribution < -0.4 is 10.0 Å². The van der Waals surface area contributed by atoms with E-state index >= 15 is 0 Å². The highest BCUT2D eigenvalue weighted by atomic mass is 32.2. The predicted octanol–water partition coefficient (Wildman–Crippen LogP) is 2.15. The van der Waals surface area contributed by atoms with Crippen molar-refractivity contribution in [3.63, 3.8) is 0 Å². The van der Waals surface area contributed by atoms with E-state index < -0.39 is 33.6 Å². The molecule has 0 aliphatic carbocycles. The number of nitrogens with one attached hydrogen (secondary N) is 2. The molecule has 0 bridgehead atoms. The minimum atomic E-state index is -3.83. The summed E-state index contributed by atoms with van der Waals surface area (Å²) in [4.78, 5) is 12.2. The molecule has 2 rings (SSSR count). The predicted molar refractivity (Wildman–Crippen MR) is 94.0 cm³/mol. The quantitative estimate of drug-likeness (QED) is 0.685. The number of sulfonamides is 1. The average molecular weight is 404 g/mol. The summed E-state index contributed by atoms with van der Waals surface area (Å²) in [7, 11) is -3.83. The Balaban J connectivity index is 2.14. The lowest BCUT2D eigenvalue weighted by molar-refractivity contribution is 0.0944. The molecule has 0 saturated heterocycles. The van der Waals surface area contributed by atoms with E-state index in [0.29, 0.717) is 6.07 Å². The number of nitriles is 2. The molecule has 1 unspecified atom stereocenters. The molecule has 144 valence electrons. The summed E-state index contributed by atoms with van der Waals surface area (Å²) < 4.78 is 53.1. The largest absolute Gasteiger partial charge is 0.332 e. The summed E-state index contributed by atoms with van der Waals surface area (Å²) in [5.74, 6) is -2.53. The van der Waals surface area contributed by atoms with E-state index in [1.54, 1.807) is 12.1 Å². The van der Waals surface area contributed by atoms with Crippen LogP contribution in [0, 0.1) is 34.3 Å². The zero-order chi connectivity index (χ0) is 20.7. The molecule has 0 aliphatic rings. The van der Waals surface area contributed by atoms with Gasteiger partial charge in [-0.3, -0.25) is 4.79 Å². The lowest BCUT2D eigenvalue weighted by Gasteiger charge is -2.13. The van der Waals surface area contributed by atoms with Crippen molar-refractivity contribution in [3.05, 3.63) is 65.2 Å². The van der Waals surface area contributed by atoms with Crippen molar-refractivity contribution in [3.8, 4) is 12.1 Å². The average Bonchev–Trinajstić information content (AvgIpc) is 2.66. The van der Waals surface area contributed by atoms with E-state index in [-0.39, 0.29) is 29.0 Å². The smallest absolute Gasteiger partial charge is 0.252 e. The van der Waals surface area contributed by atoms with E-state index in [9.17, 15) is 27.3 Å². The summed E-state index contributed by atoms with van der Waals surface area (Å²) in [6, 6.07) is 9.61. The first-order valence-electron chi connectivity index (χ1n) is 7.90. The number of benzene rings is 2. The fraction of sp³-hybridized carbons (Fsp3) is 0.167. The monoisotopic (exact) mass is 404 g/mol. The first-order chi connectivity index (χ1) is 13.3. The number of halogens is 2. The van der Waals surface area contributed by atoms with Crippen LogP contribution in [0.3, 0.4) is 0 Å². The Morgan fingerprint density at radius 1 is 1.11 bits per heavy atom. The minimum Gasteiger partial charge on any atom is -0.332 e. The maximum Gasteiger partial charge on any atom is 0.252 e. The number of carbonyl (C=O) groups excluding carboxylic acids is 1. The van der Waals surface area contributed by atoms with Gasteiger partial charge < -0.3 is 5.32 Å². The van der Waals surface area contributed by atoms with Crippen LogP contribution >= 0.6 is 0 Å². The molecule has 2 aromatic rings. The summed E-state index contributed by atoms with van der Waals surface area (Å²) in [5, 5.41) is 19.9. The molecule has 28 heavy (non-hydrogen) atoms. The Hall–Kier alpha value is -3.34. The molecule has 1 atom stereocenters. The summed E-state index contributed by atoms with van der Waals surface area (Å²) in [6.07, 6.45) is 0.00914. The Kier molecular flexibility index (Phi) is 6.77. The van der Waals surface area contributed by atoms with Gasteiger partial charge in [0.25, 0.3) is 5.91 Å². The molecule has 0 fully saturated rings. The molecular weight excluding hydrogens is 390 g/mol. The highest BCUT2D eigenvalue weighted by molar-refractivity contribution is 7.89. The topological polar surface area (TPSA) is 123 Å². The van der Waals surface area contributed by atoms with Gasteiger partial charge in [0, 0.05) is 30.2 Å². The van der Waals surface area contributed by atoms with E-state index in [2.05, 4.69) is 10.0 Å². The Morgan fingerprint density at radius 2 is 1.79 bits per heavy atom. The van der Waals surface area contributed by atoms with Crippen molar-refractivity contribution in [1.82, 2.24) is 10.0 Å². The third kappa shape index (κ3) is 5.10. The van der Waals surface area contributed by atoms with Gasteiger partial charge in [-0.25, -0.2) is 21.9 Å². The van der Waals surface area contributed by atoms with Gasteiger partial charge >= 0.3 is 0 Å². The Morgan fingerprint density at radius 3 is 2.36 bits per heavy atom. The summed E-state index contributed by atoms with van der Waals surface area (Å²) in [6.45, 7) is -0.0475. The van der Waals surface area contributed by atoms with Crippen molar-refractivity contribution in [2.24, 2.45) is 0 Å². The molecule has 0 saturated carbocycles. The van der Waals surface area contributed by atoms with E-state index in [0.717, 1.165) is 12.1 Å². The van der Waals surface area contributed by atoms with Crippen LogP contribution in [-0.2, 0) is 10.0 Å². The first-order valence-corrected chi connectivity index (χ1v) is 9.39. The van der Waals surface area contributed by atoms with Crippen LogP contribution in [-0.4, -0.2) is 20.9 Å². The fourth-order valence-corrected chi connectivity index (χ4v) is 3.27. The number of carbonyl (C=O) groups is 1. The minimum absolute atomic E-state index is 0.00914. The van der Waals surface area contributed by atoms with Gasteiger partial charge in [0.2, 0.25) is 10.0 Å². The highest BCUT2D eigenvalue weighted by Gasteiger charge is 2.20. The van der Waals surface area contributed by atoms with Gasteiger partial charge in [-0.15, -0.1) is 0 Å². The van der Waals surface area contributed by atoms with Crippen LogP contribution in [0.2, 0.25) is 0 Å². The number of amides is 1. The lowest BCUT2D eigenvalue weighted by Crippen LogP contribution is -2.28. The molecule has 1 amide bonds. The molecule has 2 aromatic carbocycles. The second-order valence-electron chi connectivity index (χ2n) is 5.53. The van der Waals surface area contributed by atoms with Gasteiger partial charge in [-0.05, 0) is 30.3 Å². The van der Waals surface area contributed by atoms with Crippen molar-refractivity contribution < 1.29 is 22.0 Å². The molecule has 2 N–H and O–H groups in total. The number of hydrogen-bond acceptors (Lipinski definition) is 5. The SMILES string of the molecule is N#CCCNS(=O)(=O)c1ccc(C(=O)NC(C#N)c2ccc(F)cc2F)cc1. The van der Waals surface area contributed by atoms with Crippen LogP contribution in [0.15, 0.2) is 47.4 Å². The standard InChI is InChI=1S/C18H14F2N4O3S/c19-13-4-7-15(16(20)10-13)17(11-22)24-18(25)12-2-5-14(6-3-12)28(26,27)23-9-1-8-21/h2-7,10,17,23H,1,9H2,(H,24,25). The molecular formula is C18H14F2N4O3S. The first kappa shape index (κ1) is 21.0. The maximum absolute atomic E-state index is 13.8. The van der Waals surface area contributed by atoms with Crippen molar-refractivity contribution in [2.75, 3.05) is 6.54 Å². The van der Waals surface area contributed by atoms with Crippen LogP contribution in [0.4, 0.5) is 8.78 Å². The van der Waals surface area contributed by atoms with Gasteiger partial charge in [0.15, 0.2) is 0 Å². The van der Waals surface area contributed by atoms with E-state index in [1.165, 1.54) is 24.3 Å². The van der Waals surface area contributed by atoms with Gasteiger partial charge in [0.1, 0.15) is 17.7 Å². The summed E-state index contributed by atoms with van der Waals surface area (Å²) >= 11 is 0. The molecule has 7 nitrogen and oxygen atoms in total. The van der Waals surface area contributed by atoms with Crippen LogP contribution in [0.5, 0.6) is 0 Å². The van der Waals surface area contributed by atoms with Crippen molar-refractivity contribution in [2.45, 2.75) is 17.4 Å². The van der Waals surface area contributed by atoms with Gasteiger partial charge in [0.05, 0.1) is 17.0 Å². The maximum atomic E-state index is 13.8. The Labute approximate surface area is 160 Å². The van der Waals surface area contributed by atoms with Crippen LogP contribution in [0.25, 0.3) is 0 Å². The second-order valence-corrected chi connectivity index (χ2v) is 7.30. The van der Waals surface area contributed by atoms with Crippen molar-refractivity contribution >= 4 is 15.9 Å². The molecule has 10 heteroatoms. The third-order valence-corrected chi connectivity index (χ3v) is 5.11. The normalized spacial score (nSPS) is 11.9. The van der Waals surface area contributed by atoms with Crippen molar-refractivity contribution in [1.29, 1.82) is 10.5 Å². The zero-order valence-electron chi connectivity index (χ0n) is 14.3. The Bertz CT molecular complexity index is 1060. The van der Waals surface area contributed by atoms with Crippen LogP contribution in [0.1, 0.15) is 28.4 Å². The zero-order valence-corrected chi connectivity index (χ0v) is 15.1. The number of nitrogens with zero attached hydrogens (tertiary/aromatic N) is 2. The molecule has 0 aromatic heterocycles. The molecule has 0 aliphatic heterocycles. The second kappa shape index (κ2) is 9.04. The lowest BCUT2D eigenvalue weighted by atomic mass is 10.1. The van der Waals surface area contributed by atoms with Gasteiger partial charge in [-0.2, -0.15) is 10.5 Å². The van der Waals surface area contributed by atoms with Gasteiger partial charge in [-0.1, -0.05) is 6.07 Å². The number of hydrogen-bond donors (Lipinski definition) is 2. The van der Waals surface area contributed by atoms with E-state index in [1.807, 2.05) is 0 Å². The fourth-order valence-electron chi connectivity index (χ4n) is 2.24. The summed E-state index contributed by atoms with van der Waals surface area (Å²) in [5.41, 5.74) is -0.156. The number of rotatable bonds is 7. The highest BCUT2D eigenvalue weighted by Crippen LogP contribution is 2.19.